The van der Waals surface area contributed by atoms with Crippen LogP contribution in [0.3, 0.4) is 0 Å². The van der Waals surface area contributed by atoms with Crippen LogP contribution in [0.1, 0.15) is 24.0 Å². The minimum absolute atomic E-state index is 0.336. The Bertz CT molecular complexity index is 688. The molecule has 138 valence electrons. The second-order valence-corrected chi connectivity index (χ2v) is 7.89. The highest BCUT2D eigenvalue weighted by molar-refractivity contribution is 5.13. The molecule has 2 fully saturated rings. The molecule has 0 saturated carbocycles. The molecule has 2 aliphatic heterocycles. The van der Waals surface area contributed by atoms with E-state index in [0.717, 1.165) is 31.8 Å². The first kappa shape index (κ1) is 17.6. The van der Waals surface area contributed by atoms with Crippen molar-refractivity contribution in [2.24, 2.45) is 5.92 Å². The van der Waals surface area contributed by atoms with Gasteiger partial charge in [-0.1, -0.05) is 12.1 Å². The first-order valence-corrected chi connectivity index (χ1v) is 9.53. The van der Waals surface area contributed by atoms with E-state index in [1.165, 1.54) is 24.9 Å². The number of piperidine rings is 1. The van der Waals surface area contributed by atoms with Crippen molar-refractivity contribution in [1.29, 1.82) is 0 Å². The van der Waals surface area contributed by atoms with Gasteiger partial charge in [0.2, 0.25) is 0 Å². The molecule has 2 saturated heterocycles. The second-order valence-electron chi connectivity index (χ2n) is 7.89. The molecule has 4 heterocycles. The molecule has 4 rings (SSSR count). The molecule has 0 radical (unpaired) electrons. The normalized spacial score (nSPS) is 23.0. The van der Waals surface area contributed by atoms with E-state index < -0.39 is 0 Å². The van der Waals surface area contributed by atoms with Gasteiger partial charge < -0.3 is 4.74 Å². The number of rotatable bonds is 6. The van der Waals surface area contributed by atoms with Crippen LogP contribution in [0.15, 0.2) is 49.1 Å². The monoisotopic (exact) mass is 352 g/mol. The first-order chi connectivity index (χ1) is 12.7. The molecule has 0 aromatic carbocycles. The van der Waals surface area contributed by atoms with Crippen LogP contribution in [0.2, 0.25) is 0 Å². The van der Waals surface area contributed by atoms with Crippen LogP contribution in [0, 0.1) is 5.92 Å². The van der Waals surface area contributed by atoms with Crippen LogP contribution < -0.4 is 0 Å². The minimum atomic E-state index is 0.336. The SMILES string of the molecule is CN1CC[C@@H](COCc2cccnc2)CC12CN(Cc1cccnc1)C2. The minimum Gasteiger partial charge on any atom is -0.376 e. The van der Waals surface area contributed by atoms with E-state index in [1.54, 1.807) is 6.20 Å². The van der Waals surface area contributed by atoms with Gasteiger partial charge in [-0.05, 0) is 55.6 Å². The van der Waals surface area contributed by atoms with Gasteiger partial charge in [-0.25, -0.2) is 0 Å². The molecule has 2 aliphatic rings. The number of aromatic nitrogens is 2. The number of likely N-dealkylation sites (tertiary alicyclic amines) is 2. The van der Waals surface area contributed by atoms with Crippen LogP contribution in [-0.4, -0.2) is 58.6 Å². The van der Waals surface area contributed by atoms with Gasteiger partial charge in [0.15, 0.2) is 0 Å². The summed E-state index contributed by atoms with van der Waals surface area (Å²) in [5.41, 5.74) is 2.79. The molecule has 1 atom stereocenters. The second kappa shape index (κ2) is 7.82. The highest BCUT2D eigenvalue weighted by atomic mass is 16.5. The largest absolute Gasteiger partial charge is 0.376 e. The van der Waals surface area contributed by atoms with Crippen molar-refractivity contribution in [1.82, 2.24) is 19.8 Å². The molecular formula is C21H28N4O. The maximum atomic E-state index is 6.00. The standard InChI is InChI=1S/C21H28N4O/c1-24-9-6-18(14-26-15-20-5-3-8-23-12-20)10-21(24)16-25(17-21)13-19-4-2-7-22-11-19/h2-5,7-8,11-12,18H,6,9-10,13-17H2,1H3/t18-/m1/s1. The first-order valence-electron chi connectivity index (χ1n) is 9.53. The van der Waals surface area contributed by atoms with Crippen molar-refractivity contribution >= 4 is 0 Å². The van der Waals surface area contributed by atoms with Crippen molar-refractivity contribution in [2.75, 3.05) is 33.3 Å². The summed E-state index contributed by atoms with van der Waals surface area (Å²) in [5.74, 6) is 0.656. The fourth-order valence-electron chi connectivity index (χ4n) is 4.40. The van der Waals surface area contributed by atoms with Gasteiger partial charge in [0.25, 0.3) is 0 Å². The van der Waals surface area contributed by atoms with Gasteiger partial charge in [0.1, 0.15) is 0 Å². The van der Waals surface area contributed by atoms with Crippen LogP contribution in [0.5, 0.6) is 0 Å². The van der Waals surface area contributed by atoms with E-state index in [2.05, 4.69) is 38.9 Å². The van der Waals surface area contributed by atoms with Crippen molar-refractivity contribution < 1.29 is 4.74 Å². The number of pyridine rings is 2. The van der Waals surface area contributed by atoms with Crippen LogP contribution in [0.25, 0.3) is 0 Å². The summed E-state index contributed by atoms with van der Waals surface area (Å²) in [5, 5.41) is 0. The van der Waals surface area contributed by atoms with Crippen molar-refractivity contribution in [3.05, 3.63) is 60.2 Å². The van der Waals surface area contributed by atoms with Crippen LogP contribution in [0.4, 0.5) is 0 Å². The number of hydrogen-bond acceptors (Lipinski definition) is 5. The lowest BCUT2D eigenvalue weighted by Crippen LogP contribution is -2.71. The van der Waals surface area contributed by atoms with Crippen molar-refractivity contribution in [2.45, 2.75) is 31.5 Å². The van der Waals surface area contributed by atoms with E-state index in [0.29, 0.717) is 18.1 Å². The molecular weight excluding hydrogens is 324 g/mol. The summed E-state index contributed by atoms with van der Waals surface area (Å²) in [4.78, 5) is 13.5. The average molecular weight is 352 g/mol. The van der Waals surface area contributed by atoms with E-state index >= 15 is 0 Å². The van der Waals surface area contributed by atoms with E-state index in [4.69, 9.17) is 4.74 Å². The Balaban J connectivity index is 1.26. The zero-order valence-electron chi connectivity index (χ0n) is 15.6. The Hall–Kier alpha value is -1.82. The molecule has 0 aliphatic carbocycles. The number of ether oxygens (including phenoxy) is 1. The predicted octanol–water partition coefficient (Wildman–Crippen LogP) is 2.59. The Kier molecular flexibility index (Phi) is 5.29. The summed E-state index contributed by atoms with van der Waals surface area (Å²) < 4.78 is 6.00. The molecule has 2 aromatic heterocycles. The van der Waals surface area contributed by atoms with Gasteiger partial charge in [-0.15, -0.1) is 0 Å². The zero-order chi connectivity index (χ0) is 17.8. The smallest absolute Gasteiger partial charge is 0.0731 e. The van der Waals surface area contributed by atoms with Gasteiger partial charge >= 0.3 is 0 Å². The molecule has 2 aromatic rings. The molecule has 1 spiro atoms. The molecule has 0 amide bonds. The molecule has 0 N–H and O–H groups in total. The Morgan fingerprint density at radius 3 is 2.54 bits per heavy atom. The Morgan fingerprint density at radius 1 is 1.12 bits per heavy atom. The van der Waals surface area contributed by atoms with Gasteiger partial charge in [-0.3, -0.25) is 19.8 Å². The highest BCUT2D eigenvalue weighted by Gasteiger charge is 2.49. The molecule has 5 nitrogen and oxygen atoms in total. The lowest BCUT2D eigenvalue weighted by atomic mass is 9.75. The molecule has 0 bridgehead atoms. The maximum Gasteiger partial charge on any atom is 0.0731 e. The van der Waals surface area contributed by atoms with Crippen LogP contribution >= 0.6 is 0 Å². The van der Waals surface area contributed by atoms with Gasteiger partial charge in [-0.2, -0.15) is 0 Å². The Morgan fingerprint density at radius 2 is 1.85 bits per heavy atom. The quantitative estimate of drug-likeness (QED) is 0.799. The highest BCUT2D eigenvalue weighted by Crippen LogP contribution is 2.38. The number of nitrogens with zero attached hydrogens (tertiary/aromatic N) is 4. The fraction of sp³-hybridized carbons (Fsp3) is 0.524. The third-order valence-corrected chi connectivity index (χ3v) is 5.86. The van der Waals surface area contributed by atoms with Gasteiger partial charge in [0.05, 0.1) is 6.61 Å². The number of likely N-dealkylation sites (N-methyl/N-ethyl adjacent to an activating group) is 1. The third-order valence-electron chi connectivity index (χ3n) is 5.86. The lowest BCUT2D eigenvalue weighted by Gasteiger charge is -2.58. The van der Waals surface area contributed by atoms with Crippen molar-refractivity contribution in [3.8, 4) is 0 Å². The summed E-state index contributed by atoms with van der Waals surface area (Å²) in [6, 6.07) is 8.23. The van der Waals surface area contributed by atoms with Crippen molar-refractivity contribution in [3.63, 3.8) is 0 Å². The molecule has 5 heteroatoms. The van der Waals surface area contributed by atoms with E-state index in [1.807, 2.05) is 30.7 Å². The topological polar surface area (TPSA) is 41.5 Å². The lowest BCUT2D eigenvalue weighted by molar-refractivity contribution is -0.0936. The zero-order valence-corrected chi connectivity index (χ0v) is 15.6. The summed E-state index contributed by atoms with van der Waals surface area (Å²) in [6.45, 7) is 6.00. The number of hydrogen-bond donors (Lipinski definition) is 0. The van der Waals surface area contributed by atoms with Crippen LogP contribution in [-0.2, 0) is 17.9 Å². The summed E-state index contributed by atoms with van der Waals surface area (Å²) >= 11 is 0. The van der Waals surface area contributed by atoms with E-state index in [9.17, 15) is 0 Å². The van der Waals surface area contributed by atoms with Gasteiger partial charge in [0, 0.05) is 56.6 Å². The molecule has 26 heavy (non-hydrogen) atoms. The predicted molar refractivity (Wildman–Crippen MR) is 101 cm³/mol. The summed E-state index contributed by atoms with van der Waals surface area (Å²) in [6.07, 6.45) is 9.97. The third kappa shape index (κ3) is 3.95. The fourth-order valence-corrected chi connectivity index (χ4v) is 4.40. The molecule has 0 unspecified atom stereocenters. The average Bonchev–Trinajstić information content (AvgIpc) is 2.65. The summed E-state index contributed by atoms with van der Waals surface area (Å²) in [7, 11) is 2.29. The maximum absolute atomic E-state index is 6.00. The van der Waals surface area contributed by atoms with E-state index in [-0.39, 0.29) is 0 Å². The Labute approximate surface area is 156 Å².